The molecule has 0 bridgehead atoms. The summed E-state index contributed by atoms with van der Waals surface area (Å²) in [6.07, 6.45) is 14.3. The Kier molecular flexibility index (Phi) is 10.1. The Bertz CT molecular complexity index is 1850. The van der Waals surface area contributed by atoms with Gasteiger partial charge in [0.25, 0.3) is 0 Å². The number of nitrogens with zero attached hydrogens (tertiary/aromatic N) is 3. The average molecular weight is 594 g/mol. The molecule has 0 aliphatic carbocycles. The van der Waals surface area contributed by atoms with Crippen molar-refractivity contribution in [3.63, 3.8) is 0 Å². The van der Waals surface area contributed by atoms with Crippen molar-refractivity contribution in [2.45, 2.75) is 0 Å². The van der Waals surface area contributed by atoms with E-state index in [0.717, 1.165) is 39.6 Å². The van der Waals surface area contributed by atoms with Crippen molar-refractivity contribution in [2.75, 3.05) is 9.91 Å². The van der Waals surface area contributed by atoms with Crippen LogP contribution in [0.25, 0.3) is 18.2 Å². The van der Waals surface area contributed by atoms with E-state index in [0.29, 0.717) is 0 Å². The molecular formula is C43H35N3. The van der Waals surface area contributed by atoms with Gasteiger partial charge < -0.3 is 4.90 Å². The third-order valence-electron chi connectivity index (χ3n) is 7.36. The number of para-hydroxylation sites is 3. The number of benzene rings is 6. The quantitative estimate of drug-likeness (QED) is 0.0845. The molecule has 3 nitrogen and oxygen atoms in total. The zero-order valence-electron chi connectivity index (χ0n) is 25.5. The van der Waals surface area contributed by atoms with Crippen LogP contribution in [0.1, 0.15) is 16.7 Å². The summed E-state index contributed by atoms with van der Waals surface area (Å²) in [5, 5.41) is 6.69. The zero-order valence-corrected chi connectivity index (χ0v) is 25.5. The van der Waals surface area contributed by atoms with Crippen molar-refractivity contribution in [1.29, 1.82) is 0 Å². The summed E-state index contributed by atoms with van der Waals surface area (Å²) in [5.41, 5.74) is 8.74. The third-order valence-corrected chi connectivity index (χ3v) is 7.36. The molecule has 46 heavy (non-hydrogen) atoms. The molecule has 0 N–H and O–H groups in total. The van der Waals surface area contributed by atoms with Gasteiger partial charge >= 0.3 is 0 Å². The Hall–Kier alpha value is -6.19. The number of hydrazone groups is 1. The number of hydrogen-bond acceptors (Lipinski definition) is 3. The smallest absolute Gasteiger partial charge is 0.0652 e. The first-order valence-electron chi connectivity index (χ1n) is 15.4. The Morgan fingerprint density at radius 3 is 1.13 bits per heavy atom. The van der Waals surface area contributed by atoms with E-state index in [9.17, 15) is 0 Å². The monoisotopic (exact) mass is 593 g/mol. The van der Waals surface area contributed by atoms with Gasteiger partial charge in [-0.2, -0.15) is 5.10 Å². The van der Waals surface area contributed by atoms with E-state index >= 15 is 0 Å². The molecule has 0 atom stereocenters. The van der Waals surface area contributed by atoms with Crippen LogP contribution in [0.3, 0.4) is 0 Å². The van der Waals surface area contributed by atoms with Crippen LogP contribution in [-0.4, -0.2) is 6.21 Å². The average Bonchev–Trinajstić information content (AvgIpc) is 3.13. The van der Waals surface area contributed by atoms with E-state index < -0.39 is 0 Å². The maximum atomic E-state index is 4.75. The van der Waals surface area contributed by atoms with Crippen LogP contribution in [0.2, 0.25) is 0 Å². The van der Waals surface area contributed by atoms with Crippen molar-refractivity contribution in [3.05, 3.63) is 205 Å². The highest BCUT2D eigenvalue weighted by Crippen LogP contribution is 2.34. The lowest BCUT2D eigenvalue weighted by molar-refractivity contribution is 1.09. The number of hydrogen-bond donors (Lipinski definition) is 0. The minimum Gasteiger partial charge on any atom is -0.311 e. The molecule has 6 aromatic rings. The first kappa shape index (κ1) is 29.9. The lowest BCUT2D eigenvalue weighted by Crippen LogP contribution is -2.09. The van der Waals surface area contributed by atoms with E-state index in [-0.39, 0.29) is 0 Å². The molecule has 0 aliphatic heterocycles. The van der Waals surface area contributed by atoms with Crippen LogP contribution in [0.4, 0.5) is 28.4 Å². The van der Waals surface area contributed by atoms with E-state index in [1.807, 2.05) is 78.0 Å². The fourth-order valence-corrected chi connectivity index (χ4v) is 5.07. The fourth-order valence-electron chi connectivity index (χ4n) is 5.07. The Morgan fingerprint density at radius 1 is 0.326 bits per heavy atom. The largest absolute Gasteiger partial charge is 0.311 e. The lowest BCUT2D eigenvalue weighted by atomic mass is 10.1. The van der Waals surface area contributed by atoms with Gasteiger partial charge in [0.1, 0.15) is 0 Å². The summed E-state index contributed by atoms with van der Waals surface area (Å²) in [6, 6.07) is 58.4. The Labute approximate surface area is 272 Å². The third kappa shape index (κ3) is 8.04. The van der Waals surface area contributed by atoms with Gasteiger partial charge in [-0.15, -0.1) is 0 Å². The molecule has 0 spiro atoms. The first-order chi connectivity index (χ1) is 22.8. The van der Waals surface area contributed by atoms with Crippen molar-refractivity contribution >= 4 is 52.9 Å². The summed E-state index contributed by atoms with van der Waals surface area (Å²) in [4.78, 5) is 2.27. The van der Waals surface area contributed by atoms with Crippen molar-refractivity contribution in [1.82, 2.24) is 0 Å². The molecule has 6 rings (SSSR count). The van der Waals surface area contributed by atoms with E-state index in [4.69, 9.17) is 5.10 Å². The van der Waals surface area contributed by atoms with Gasteiger partial charge in [0, 0.05) is 23.3 Å². The molecule has 0 aromatic heterocycles. The second-order valence-electron chi connectivity index (χ2n) is 10.6. The minimum absolute atomic E-state index is 1.01. The highest BCUT2D eigenvalue weighted by atomic mass is 15.5. The molecular weight excluding hydrogens is 558 g/mol. The SMILES string of the molecule is C(/C=C/c1ccc(N(c2ccccc2)c2ccc(/C=C/C=N/N(c3ccccc3)c3ccccc3)cc2)cc1)=C\c1ccccc1. The van der Waals surface area contributed by atoms with E-state index in [1.165, 1.54) is 5.56 Å². The van der Waals surface area contributed by atoms with E-state index in [1.54, 1.807) is 0 Å². The van der Waals surface area contributed by atoms with Gasteiger partial charge in [-0.3, -0.25) is 0 Å². The topological polar surface area (TPSA) is 18.8 Å². The van der Waals surface area contributed by atoms with Crippen molar-refractivity contribution < 1.29 is 0 Å². The maximum absolute atomic E-state index is 4.75. The number of anilines is 5. The molecule has 0 aliphatic rings. The Morgan fingerprint density at radius 2 is 0.674 bits per heavy atom. The maximum Gasteiger partial charge on any atom is 0.0652 e. The van der Waals surface area contributed by atoms with Crippen molar-refractivity contribution in [3.8, 4) is 0 Å². The van der Waals surface area contributed by atoms with Crippen LogP contribution in [0.5, 0.6) is 0 Å². The van der Waals surface area contributed by atoms with Gasteiger partial charge in [0.2, 0.25) is 0 Å². The highest BCUT2D eigenvalue weighted by Gasteiger charge is 2.12. The molecule has 3 heteroatoms. The summed E-state index contributed by atoms with van der Waals surface area (Å²) in [7, 11) is 0. The normalized spacial score (nSPS) is 11.6. The van der Waals surface area contributed by atoms with Gasteiger partial charge in [0.15, 0.2) is 0 Å². The van der Waals surface area contributed by atoms with Crippen LogP contribution in [-0.2, 0) is 0 Å². The molecule has 6 aromatic carbocycles. The second-order valence-corrected chi connectivity index (χ2v) is 10.6. The van der Waals surface area contributed by atoms with Gasteiger partial charge in [-0.1, -0.05) is 140 Å². The first-order valence-corrected chi connectivity index (χ1v) is 15.4. The van der Waals surface area contributed by atoms with Gasteiger partial charge in [-0.25, -0.2) is 5.01 Å². The molecule has 0 amide bonds. The molecule has 0 unspecified atom stereocenters. The molecule has 0 radical (unpaired) electrons. The number of rotatable bonds is 11. The van der Waals surface area contributed by atoms with Crippen LogP contribution in [0, 0.1) is 0 Å². The molecule has 0 heterocycles. The van der Waals surface area contributed by atoms with Crippen LogP contribution >= 0.6 is 0 Å². The predicted octanol–water partition coefficient (Wildman–Crippen LogP) is 11.7. The summed E-state index contributed by atoms with van der Waals surface area (Å²) < 4.78 is 0. The predicted molar refractivity (Wildman–Crippen MR) is 198 cm³/mol. The van der Waals surface area contributed by atoms with Gasteiger partial charge in [-0.05, 0) is 83.4 Å². The molecule has 0 saturated heterocycles. The lowest BCUT2D eigenvalue weighted by Gasteiger charge is -2.25. The highest BCUT2D eigenvalue weighted by molar-refractivity contribution is 5.82. The zero-order chi connectivity index (χ0) is 31.2. The molecule has 0 fully saturated rings. The van der Waals surface area contributed by atoms with Crippen LogP contribution in [0.15, 0.2) is 193 Å². The van der Waals surface area contributed by atoms with E-state index in [2.05, 4.69) is 144 Å². The summed E-state index contributed by atoms with van der Waals surface area (Å²) in [6.45, 7) is 0. The van der Waals surface area contributed by atoms with Crippen LogP contribution < -0.4 is 9.91 Å². The minimum atomic E-state index is 1.01. The number of allylic oxidation sites excluding steroid dienone is 3. The summed E-state index contributed by atoms with van der Waals surface area (Å²) in [5.74, 6) is 0. The fraction of sp³-hybridized carbons (Fsp3) is 0. The second kappa shape index (κ2) is 15.5. The molecule has 0 saturated carbocycles. The molecule has 222 valence electrons. The van der Waals surface area contributed by atoms with Gasteiger partial charge in [0.05, 0.1) is 11.4 Å². The summed E-state index contributed by atoms with van der Waals surface area (Å²) >= 11 is 0. The Balaban J connectivity index is 1.17. The van der Waals surface area contributed by atoms with Crippen molar-refractivity contribution in [2.24, 2.45) is 5.10 Å². The standard InChI is InChI=1S/C43H35N3/c1-5-16-36(17-6-1)18-13-14-19-37-27-31-40(32-28-37)45(39-21-7-2-8-22-39)41-33-29-38(30-34-41)20-15-35-44-46(42-23-9-3-10-24-42)43-25-11-4-12-26-43/h1-35H/b18-13+,19-14+,20-15+,44-35+.